The quantitative estimate of drug-likeness (QED) is 0.827. The highest BCUT2D eigenvalue weighted by molar-refractivity contribution is 5.85. The Morgan fingerprint density at radius 3 is 2.56 bits per heavy atom. The van der Waals surface area contributed by atoms with Gasteiger partial charge in [-0.2, -0.15) is 0 Å². The van der Waals surface area contributed by atoms with E-state index in [-0.39, 0.29) is 24.4 Å². The summed E-state index contributed by atoms with van der Waals surface area (Å²) in [5, 5.41) is 0. The Morgan fingerprint density at radius 2 is 2.06 bits per heavy atom. The summed E-state index contributed by atoms with van der Waals surface area (Å²) in [6.45, 7) is 2.87. The van der Waals surface area contributed by atoms with Crippen molar-refractivity contribution in [2.24, 2.45) is 11.7 Å². The van der Waals surface area contributed by atoms with Gasteiger partial charge in [-0.3, -0.25) is 4.79 Å². The monoisotopic (exact) mass is 246 g/mol. The van der Waals surface area contributed by atoms with Gasteiger partial charge in [0, 0.05) is 25.0 Å². The first-order chi connectivity index (χ1) is 7.18. The first-order valence-corrected chi connectivity index (χ1v) is 6.23. The number of likely N-dealkylation sites (tertiary alicyclic amines) is 1. The van der Waals surface area contributed by atoms with E-state index in [2.05, 4.69) is 4.90 Å². The highest BCUT2D eigenvalue weighted by Crippen LogP contribution is 2.37. The Morgan fingerprint density at radius 1 is 1.38 bits per heavy atom. The molecule has 2 unspecified atom stereocenters. The number of carbonyl (C=O) groups excluding carboxylic acids is 1. The number of halogens is 1. The zero-order valence-corrected chi connectivity index (χ0v) is 10.8. The van der Waals surface area contributed by atoms with Crippen LogP contribution in [0.2, 0.25) is 0 Å². The van der Waals surface area contributed by atoms with Gasteiger partial charge < -0.3 is 10.6 Å². The van der Waals surface area contributed by atoms with Crippen molar-refractivity contribution in [2.75, 3.05) is 6.54 Å². The van der Waals surface area contributed by atoms with Gasteiger partial charge in [0.1, 0.15) is 0 Å². The molecular weight excluding hydrogens is 224 g/mol. The Hall–Kier alpha value is -0.280. The van der Waals surface area contributed by atoms with Gasteiger partial charge in [0.15, 0.2) is 0 Å². The normalized spacial score (nSPS) is 27.1. The molecule has 0 bridgehead atoms. The van der Waals surface area contributed by atoms with Gasteiger partial charge in [-0.1, -0.05) is 6.42 Å². The summed E-state index contributed by atoms with van der Waals surface area (Å²) in [5.41, 5.74) is 5.68. The Labute approximate surface area is 104 Å². The summed E-state index contributed by atoms with van der Waals surface area (Å²) < 4.78 is 0. The number of hydrogen-bond acceptors (Lipinski definition) is 2. The molecule has 2 fully saturated rings. The molecule has 1 heterocycles. The average Bonchev–Trinajstić information content (AvgIpc) is 2.48. The van der Waals surface area contributed by atoms with Crippen molar-refractivity contribution < 1.29 is 4.79 Å². The minimum atomic E-state index is 0. The number of hydrogen-bond donors (Lipinski definition) is 1. The maximum absolute atomic E-state index is 12.0. The molecule has 3 nitrogen and oxygen atoms in total. The summed E-state index contributed by atoms with van der Waals surface area (Å²) in [6, 6.07) is 0.546. The summed E-state index contributed by atoms with van der Waals surface area (Å²) in [4.78, 5) is 14.1. The predicted octanol–water partition coefficient (Wildman–Crippen LogP) is 1.94. The van der Waals surface area contributed by atoms with Crippen LogP contribution in [0.3, 0.4) is 0 Å². The highest BCUT2D eigenvalue weighted by atomic mass is 35.5. The Bertz CT molecular complexity index is 241. The minimum Gasteiger partial charge on any atom is -0.339 e. The predicted molar refractivity (Wildman–Crippen MR) is 67.6 cm³/mol. The van der Waals surface area contributed by atoms with Gasteiger partial charge in [0.2, 0.25) is 5.91 Å². The molecule has 2 atom stereocenters. The van der Waals surface area contributed by atoms with Crippen LogP contribution in [0.1, 0.15) is 45.4 Å². The first-order valence-electron chi connectivity index (χ1n) is 6.23. The van der Waals surface area contributed by atoms with Crippen molar-refractivity contribution in [2.45, 2.75) is 57.5 Å². The van der Waals surface area contributed by atoms with Gasteiger partial charge in [-0.05, 0) is 38.5 Å². The van der Waals surface area contributed by atoms with Gasteiger partial charge in [0.05, 0.1) is 0 Å². The van der Waals surface area contributed by atoms with Crippen molar-refractivity contribution in [3.8, 4) is 0 Å². The third kappa shape index (κ3) is 2.89. The number of amides is 1. The van der Waals surface area contributed by atoms with Crippen molar-refractivity contribution >= 4 is 18.3 Å². The zero-order valence-electron chi connectivity index (χ0n) is 10.0. The molecule has 0 aromatic rings. The lowest BCUT2D eigenvalue weighted by atomic mass is 9.78. The molecule has 1 amide bonds. The molecule has 2 aliphatic rings. The second-order valence-corrected chi connectivity index (χ2v) is 5.17. The van der Waals surface area contributed by atoms with E-state index in [9.17, 15) is 4.79 Å². The van der Waals surface area contributed by atoms with Crippen molar-refractivity contribution in [3.63, 3.8) is 0 Å². The summed E-state index contributed by atoms with van der Waals surface area (Å²) in [7, 11) is 0. The number of nitrogens with zero attached hydrogens (tertiary/aromatic N) is 1. The standard InChI is InChI=1S/C12H22N2O.ClH/c1-9(13)8-12(15)14-7-3-6-11(14)10-4-2-5-10;/h9-11H,2-8,13H2,1H3;1H. The second kappa shape index (κ2) is 5.87. The molecule has 1 aliphatic carbocycles. The van der Waals surface area contributed by atoms with Crippen LogP contribution in [-0.4, -0.2) is 29.4 Å². The zero-order chi connectivity index (χ0) is 10.8. The fourth-order valence-corrected chi connectivity index (χ4v) is 2.81. The van der Waals surface area contributed by atoms with Crippen LogP contribution in [0.25, 0.3) is 0 Å². The van der Waals surface area contributed by atoms with E-state index in [1.54, 1.807) is 0 Å². The van der Waals surface area contributed by atoms with E-state index in [0.717, 1.165) is 12.5 Å². The SMILES string of the molecule is CC(N)CC(=O)N1CCCC1C1CCC1.Cl. The largest absolute Gasteiger partial charge is 0.339 e. The fourth-order valence-electron chi connectivity index (χ4n) is 2.81. The maximum atomic E-state index is 12.0. The molecule has 94 valence electrons. The smallest absolute Gasteiger partial charge is 0.224 e. The van der Waals surface area contributed by atoms with E-state index in [4.69, 9.17) is 5.73 Å². The maximum Gasteiger partial charge on any atom is 0.224 e. The Balaban J connectivity index is 0.00000128. The molecule has 0 aromatic heterocycles. The summed E-state index contributed by atoms with van der Waals surface area (Å²) in [6.07, 6.45) is 6.93. The van der Waals surface area contributed by atoms with Crippen molar-refractivity contribution in [3.05, 3.63) is 0 Å². The van der Waals surface area contributed by atoms with Crippen LogP contribution in [0.15, 0.2) is 0 Å². The highest BCUT2D eigenvalue weighted by Gasteiger charge is 2.36. The van der Waals surface area contributed by atoms with Gasteiger partial charge in [-0.25, -0.2) is 0 Å². The number of nitrogens with two attached hydrogens (primary N) is 1. The third-order valence-electron chi connectivity index (χ3n) is 3.81. The molecule has 0 radical (unpaired) electrons. The first kappa shape index (κ1) is 13.8. The topological polar surface area (TPSA) is 46.3 Å². The lowest BCUT2D eigenvalue weighted by molar-refractivity contribution is -0.133. The van der Waals surface area contributed by atoms with Crippen LogP contribution in [0, 0.1) is 5.92 Å². The molecule has 4 heteroatoms. The lowest BCUT2D eigenvalue weighted by Gasteiger charge is -2.37. The molecule has 1 saturated heterocycles. The summed E-state index contributed by atoms with van der Waals surface area (Å²) in [5.74, 6) is 1.07. The lowest BCUT2D eigenvalue weighted by Crippen LogP contribution is -2.43. The van der Waals surface area contributed by atoms with Crippen LogP contribution < -0.4 is 5.73 Å². The van der Waals surface area contributed by atoms with Crippen LogP contribution >= 0.6 is 12.4 Å². The number of carbonyl (C=O) groups is 1. The van der Waals surface area contributed by atoms with Crippen molar-refractivity contribution in [1.29, 1.82) is 0 Å². The van der Waals surface area contributed by atoms with E-state index in [1.165, 1.54) is 32.1 Å². The van der Waals surface area contributed by atoms with E-state index in [1.807, 2.05) is 6.92 Å². The molecule has 2 N–H and O–H groups in total. The van der Waals surface area contributed by atoms with Gasteiger partial charge in [0.25, 0.3) is 0 Å². The molecule has 0 aromatic carbocycles. The Kier molecular flexibility index (Phi) is 5.06. The molecule has 1 saturated carbocycles. The second-order valence-electron chi connectivity index (χ2n) is 5.17. The van der Waals surface area contributed by atoms with Gasteiger partial charge in [-0.15, -0.1) is 12.4 Å². The summed E-state index contributed by atoms with van der Waals surface area (Å²) >= 11 is 0. The van der Waals surface area contributed by atoms with Crippen LogP contribution in [-0.2, 0) is 4.79 Å². The van der Waals surface area contributed by atoms with E-state index in [0.29, 0.717) is 12.5 Å². The van der Waals surface area contributed by atoms with Crippen LogP contribution in [0.5, 0.6) is 0 Å². The number of rotatable bonds is 3. The fraction of sp³-hybridized carbons (Fsp3) is 0.917. The molecule has 0 spiro atoms. The molecule has 1 aliphatic heterocycles. The van der Waals surface area contributed by atoms with E-state index < -0.39 is 0 Å². The molecule has 16 heavy (non-hydrogen) atoms. The minimum absolute atomic E-state index is 0. The average molecular weight is 247 g/mol. The van der Waals surface area contributed by atoms with Crippen LogP contribution in [0.4, 0.5) is 0 Å². The van der Waals surface area contributed by atoms with Gasteiger partial charge >= 0.3 is 0 Å². The third-order valence-corrected chi connectivity index (χ3v) is 3.81. The molecular formula is C12H23ClN2O. The van der Waals surface area contributed by atoms with E-state index >= 15 is 0 Å². The molecule has 2 rings (SSSR count). The van der Waals surface area contributed by atoms with Crippen molar-refractivity contribution in [1.82, 2.24) is 4.90 Å².